The van der Waals surface area contributed by atoms with Crippen LogP contribution >= 0.6 is 0 Å². The zero-order valence-electron chi connectivity index (χ0n) is 13.3. The van der Waals surface area contributed by atoms with Crippen LogP contribution in [0.3, 0.4) is 0 Å². The van der Waals surface area contributed by atoms with Gasteiger partial charge in [0, 0.05) is 18.8 Å². The lowest BCUT2D eigenvalue weighted by Crippen LogP contribution is -2.59. The van der Waals surface area contributed by atoms with Crippen molar-refractivity contribution in [1.82, 2.24) is 15.3 Å². The summed E-state index contributed by atoms with van der Waals surface area (Å²) < 4.78 is 5.82. The van der Waals surface area contributed by atoms with Gasteiger partial charge in [-0.25, -0.2) is 9.97 Å². The number of anilines is 1. The monoisotopic (exact) mass is 304 g/mol. The van der Waals surface area contributed by atoms with Crippen LogP contribution in [0, 0.1) is 6.92 Å². The fourth-order valence-electron chi connectivity index (χ4n) is 3.23. The van der Waals surface area contributed by atoms with Crippen LogP contribution in [0.4, 0.5) is 5.82 Å². The third-order valence-corrected chi connectivity index (χ3v) is 4.53. The summed E-state index contributed by atoms with van der Waals surface area (Å²) in [5, 5.41) is 3.15. The predicted octanol–water partition coefficient (Wildman–Crippen LogP) is 1.44. The first-order chi connectivity index (χ1) is 10.6. The van der Waals surface area contributed by atoms with E-state index in [0.717, 1.165) is 31.0 Å². The van der Waals surface area contributed by atoms with Crippen molar-refractivity contribution in [1.29, 1.82) is 0 Å². The van der Waals surface area contributed by atoms with Crippen molar-refractivity contribution in [2.75, 3.05) is 24.6 Å². The summed E-state index contributed by atoms with van der Waals surface area (Å²) in [7, 11) is 0. The number of aromatic nitrogens is 2. The van der Waals surface area contributed by atoms with Crippen molar-refractivity contribution >= 4 is 11.7 Å². The van der Waals surface area contributed by atoms with Crippen molar-refractivity contribution in [2.45, 2.75) is 51.2 Å². The van der Waals surface area contributed by atoms with Gasteiger partial charge in [0.2, 0.25) is 0 Å². The Hall–Kier alpha value is -1.69. The van der Waals surface area contributed by atoms with E-state index in [-0.39, 0.29) is 5.91 Å². The number of hydrogen-bond donors (Lipinski definition) is 1. The fraction of sp³-hybridized carbons (Fsp3) is 0.688. The zero-order chi connectivity index (χ0) is 15.6. The summed E-state index contributed by atoms with van der Waals surface area (Å²) in [6.45, 7) is 5.52. The molecule has 1 aliphatic heterocycles. The number of aryl methyl sites for hydroxylation is 1. The molecule has 6 heteroatoms. The third kappa shape index (κ3) is 3.21. The highest BCUT2D eigenvalue weighted by Gasteiger charge is 2.40. The highest BCUT2D eigenvalue weighted by molar-refractivity contribution is 5.86. The predicted molar refractivity (Wildman–Crippen MR) is 83.7 cm³/mol. The molecule has 1 amide bonds. The molecule has 1 saturated carbocycles. The van der Waals surface area contributed by atoms with E-state index >= 15 is 0 Å². The Morgan fingerprint density at radius 1 is 1.45 bits per heavy atom. The van der Waals surface area contributed by atoms with Crippen molar-refractivity contribution in [3.8, 4) is 0 Å². The number of nitrogens with zero attached hydrogens (tertiary/aromatic N) is 3. The molecule has 3 rings (SSSR count). The van der Waals surface area contributed by atoms with E-state index in [1.165, 1.54) is 12.8 Å². The van der Waals surface area contributed by atoms with Crippen LogP contribution in [0.1, 0.15) is 38.4 Å². The summed E-state index contributed by atoms with van der Waals surface area (Å²) in [5.74, 6) is 1.59. The maximum Gasteiger partial charge on any atom is 0.254 e. The first-order valence-electron chi connectivity index (χ1n) is 8.06. The molecule has 0 bridgehead atoms. The average molecular weight is 304 g/mol. The number of rotatable bonds is 3. The fourth-order valence-corrected chi connectivity index (χ4v) is 3.23. The number of carbonyl (C=O) groups is 1. The minimum atomic E-state index is -0.820. The molecular weight excluding hydrogens is 280 g/mol. The standard InChI is InChI=1S/C16H24N4O2/c1-12-17-8-7-14(18-12)20-9-10-22-16(2,11-20)15(21)19-13-5-3-4-6-13/h7-8,13H,3-6,9-11H2,1-2H3,(H,19,21). The van der Waals surface area contributed by atoms with Crippen LogP contribution in [0.5, 0.6) is 0 Å². The largest absolute Gasteiger partial charge is 0.362 e. The van der Waals surface area contributed by atoms with Gasteiger partial charge >= 0.3 is 0 Å². The summed E-state index contributed by atoms with van der Waals surface area (Å²) in [6, 6.07) is 2.19. The lowest BCUT2D eigenvalue weighted by molar-refractivity contribution is -0.147. The highest BCUT2D eigenvalue weighted by Crippen LogP contribution is 2.24. The molecule has 1 aromatic rings. The lowest BCUT2D eigenvalue weighted by atomic mass is 10.0. The molecule has 2 fully saturated rings. The molecule has 1 saturated heterocycles. The smallest absolute Gasteiger partial charge is 0.254 e. The van der Waals surface area contributed by atoms with Gasteiger partial charge in [-0.05, 0) is 32.8 Å². The molecule has 2 aliphatic rings. The van der Waals surface area contributed by atoms with E-state index in [2.05, 4.69) is 20.2 Å². The molecule has 1 atom stereocenters. The first kappa shape index (κ1) is 15.2. The normalized spacial score (nSPS) is 26.2. The van der Waals surface area contributed by atoms with Gasteiger partial charge < -0.3 is 15.0 Å². The van der Waals surface area contributed by atoms with Gasteiger partial charge in [-0.1, -0.05) is 12.8 Å². The van der Waals surface area contributed by atoms with Crippen molar-refractivity contribution in [3.63, 3.8) is 0 Å². The van der Waals surface area contributed by atoms with E-state index in [1.807, 2.05) is 19.9 Å². The van der Waals surface area contributed by atoms with Crippen LogP contribution in [-0.4, -0.2) is 47.2 Å². The SMILES string of the molecule is Cc1nccc(N2CCOC(C)(C(=O)NC3CCCC3)C2)n1. The maximum atomic E-state index is 12.6. The maximum absolute atomic E-state index is 12.6. The van der Waals surface area contributed by atoms with E-state index in [4.69, 9.17) is 4.74 Å². The third-order valence-electron chi connectivity index (χ3n) is 4.53. The van der Waals surface area contributed by atoms with Crippen molar-refractivity contribution in [2.24, 2.45) is 0 Å². The topological polar surface area (TPSA) is 67.4 Å². The second-order valence-corrected chi connectivity index (χ2v) is 6.42. The zero-order valence-corrected chi connectivity index (χ0v) is 13.3. The van der Waals surface area contributed by atoms with Gasteiger partial charge in [-0.3, -0.25) is 4.79 Å². The number of amides is 1. The van der Waals surface area contributed by atoms with Crippen LogP contribution in [-0.2, 0) is 9.53 Å². The molecule has 0 spiro atoms. The van der Waals surface area contributed by atoms with Gasteiger partial charge in [-0.15, -0.1) is 0 Å². The molecule has 1 aromatic heterocycles. The summed E-state index contributed by atoms with van der Waals surface area (Å²) >= 11 is 0. The average Bonchev–Trinajstić information content (AvgIpc) is 3.00. The molecule has 0 aromatic carbocycles. The second-order valence-electron chi connectivity index (χ2n) is 6.42. The summed E-state index contributed by atoms with van der Waals surface area (Å²) in [6.07, 6.45) is 6.32. The first-order valence-corrected chi connectivity index (χ1v) is 8.06. The molecule has 1 aliphatic carbocycles. The Bertz CT molecular complexity index is 545. The van der Waals surface area contributed by atoms with Crippen LogP contribution < -0.4 is 10.2 Å². The van der Waals surface area contributed by atoms with Gasteiger partial charge in [0.05, 0.1) is 13.2 Å². The molecule has 120 valence electrons. The van der Waals surface area contributed by atoms with Gasteiger partial charge in [-0.2, -0.15) is 0 Å². The molecular formula is C16H24N4O2. The Kier molecular flexibility index (Phi) is 4.29. The number of morpholine rings is 1. The van der Waals surface area contributed by atoms with Gasteiger partial charge in [0.25, 0.3) is 5.91 Å². The van der Waals surface area contributed by atoms with Gasteiger partial charge in [0.15, 0.2) is 5.60 Å². The number of carbonyl (C=O) groups excluding carboxylic acids is 1. The quantitative estimate of drug-likeness (QED) is 0.915. The number of hydrogen-bond acceptors (Lipinski definition) is 5. The number of ether oxygens (including phenoxy) is 1. The highest BCUT2D eigenvalue weighted by atomic mass is 16.5. The van der Waals surface area contributed by atoms with E-state index in [9.17, 15) is 4.79 Å². The van der Waals surface area contributed by atoms with Crippen LogP contribution in [0.25, 0.3) is 0 Å². The number of nitrogens with one attached hydrogen (secondary N) is 1. The molecule has 6 nitrogen and oxygen atoms in total. The lowest BCUT2D eigenvalue weighted by Gasteiger charge is -2.40. The Morgan fingerprint density at radius 3 is 2.95 bits per heavy atom. The molecule has 1 N–H and O–H groups in total. The molecule has 1 unspecified atom stereocenters. The van der Waals surface area contributed by atoms with Gasteiger partial charge in [0.1, 0.15) is 11.6 Å². The van der Waals surface area contributed by atoms with E-state index in [1.54, 1.807) is 6.20 Å². The molecule has 2 heterocycles. The minimum Gasteiger partial charge on any atom is -0.362 e. The minimum absolute atomic E-state index is 0.00474. The van der Waals surface area contributed by atoms with Crippen LogP contribution in [0.2, 0.25) is 0 Å². The van der Waals surface area contributed by atoms with E-state index < -0.39 is 5.60 Å². The van der Waals surface area contributed by atoms with Crippen molar-refractivity contribution < 1.29 is 9.53 Å². The Balaban J connectivity index is 1.69. The Labute approximate surface area is 131 Å². The van der Waals surface area contributed by atoms with E-state index in [0.29, 0.717) is 19.2 Å². The second kappa shape index (κ2) is 6.20. The van der Waals surface area contributed by atoms with Crippen molar-refractivity contribution in [3.05, 3.63) is 18.1 Å². The summed E-state index contributed by atoms with van der Waals surface area (Å²) in [4.78, 5) is 23.3. The Morgan fingerprint density at radius 2 is 2.23 bits per heavy atom. The molecule has 22 heavy (non-hydrogen) atoms. The molecule has 0 radical (unpaired) electrons. The van der Waals surface area contributed by atoms with Crippen LogP contribution in [0.15, 0.2) is 12.3 Å². The summed E-state index contributed by atoms with van der Waals surface area (Å²) in [5.41, 5.74) is -0.820.